The van der Waals surface area contributed by atoms with Crippen molar-refractivity contribution in [3.8, 4) is 0 Å². The molecule has 0 aromatic heterocycles. The quantitative estimate of drug-likeness (QED) is 0.860. The standard InChI is InChI=1S/C12H16FNOS/c1-9(15)10-3-2-4-11(13)12(10)14-5-7-16-8-6-14/h2-4,9,15H,5-8H2,1H3. The first-order valence-electron chi connectivity index (χ1n) is 5.49. The Morgan fingerprint density at radius 2 is 2.06 bits per heavy atom. The first-order chi connectivity index (χ1) is 7.70. The van der Waals surface area contributed by atoms with Crippen molar-refractivity contribution in [2.75, 3.05) is 29.5 Å². The fraction of sp³-hybridized carbons (Fsp3) is 0.500. The Balaban J connectivity index is 2.36. The molecular weight excluding hydrogens is 225 g/mol. The molecule has 16 heavy (non-hydrogen) atoms. The summed E-state index contributed by atoms with van der Waals surface area (Å²) in [5.41, 5.74) is 1.27. The van der Waals surface area contributed by atoms with E-state index in [1.165, 1.54) is 6.07 Å². The minimum Gasteiger partial charge on any atom is -0.389 e. The molecule has 0 radical (unpaired) electrons. The molecule has 1 heterocycles. The highest BCUT2D eigenvalue weighted by atomic mass is 32.2. The maximum Gasteiger partial charge on any atom is 0.146 e. The fourth-order valence-electron chi connectivity index (χ4n) is 1.99. The molecule has 0 aliphatic carbocycles. The topological polar surface area (TPSA) is 23.5 Å². The third-order valence-corrected chi connectivity index (χ3v) is 3.74. The van der Waals surface area contributed by atoms with E-state index in [0.717, 1.165) is 24.6 Å². The molecule has 4 heteroatoms. The van der Waals surface area contributed by atoms with Gasteiger partial charge in [-0.25, -0.2) is 4.39 Å². The van der Waals surface area contributed by atoms with E-state index in [2.05, 4.69) is 0 Å². The lowest BCUT2D eigenvalue weighted by atomic mass is 10.1. The van der Waals surface area contributed by atoms with Crippen LogP contribution in [0.25, 0.3) is 0 Å². The molecule has 1 aromatic carbocycles. The van der Waals surface area contributed by atoms with Crippen molar-refractivity contribution >= 4 is 17.4 Å². The van der Waals surface area contributed by atoms with Gasteiger partial charge < -0.3 is 10.0 Å². The molecule has 0 amide bonds. The number of aliphatic hydroxyl groups excluding tert-OH is 1. The predicted octanol–water partition coefficient (Wildman–Crippen LogP) is 2.43. The fourth-order valence-corrected chi connectivity index (χ4v) is 2.89. The van der Waals surface area contributed by atoms with Crippen molar-refractivity contribution in [2.45, 2.75) is 13.0 Å². The number of hydrogen-bond donors (Lipinski definition) is 1. The average Bonchev–Trinajstić information content (AvgIpc) is 2.29. The van der Waals surface area contributed by atoms with E-state index in [4.69, 9.17) is 0 Å². The van der Waals surface area contributed by atoms with Crippen LogP contribution in [-0.4, -0.2) is 29.7 Å². The first-order valence-corrected chi connectivity index (χ1v) is 6.65. The lowest BCUT2D eigenvalue weighted by molar-refractivity contribution is 0.199. The Hall–Kier alpha value is -0.740. The number of anilines is 1. The van der Waals surface area contributed by atoms with Crippen LogP contribution in [0.3, 0.4) is 0 Å². The number of thioether (sulfide) groups is 1. The number of hydrogen-bond acceptors (Lipinski definition) is 3. The van der Waals surface area contributed by atoms with Gasteiger partial charge in [-0.15, -0.1) is 0 Å². The van der Waals surface area contributed by atoms with E-state index in [9.17, 15) is 9.50 Å². The Bertz CT molecular complexity index is 364. The van der Waals surface area contributed by atoms with E-state index >= 15 is 0 Å². The van der Waals surface area contributed by atoms with Crippen molar-refractivity contribution in [1.82, 2.24) is 0 Å². The van der Waals surface area contributed by atoms with E-state index in [-0.39, 0.29) is 5.82 Å². The zero-order valence-corrected chi connectivity index (χ0v) is 10.1. The normalized spacial score (nSPS) is 18.6. The lowest BCUT2D eigenvalue weighted by Gasteiger charge is -2.31. The van der Waals surface area contributed by atoms with Gasteiger partial charge in [0.1, 0.15) is 5.82 Å². The molecular formula is C12H16FNOS. The summed E-state index contributed by atoms with van der Waals surface area (Å²) in [7, 11) is 0. The number of aliphatic hydroxyl groups is 1. The maximum atomic E-state index is 13.8. The SMILES string of the molecule is CC(O)c1cccc(F)c1N1CCSCC1. The summed E-state index contributed by atoms with van der Waals surface area (Å²) >= 11 is 1.89. The van der Waals surface area contributed by atoms with E-state index in [0.29, 0.717) is 11.3 Å². The van der Waals surface area contributed by atoms with Gasteiger partial charge in [0.2, 0.25) is 0 Å². The molecule has 2 rings (SSSR count). The van der Waals surface area contributed by atoms with Crippen molar-refractivity contribution in [1.29, 1.82) is 0 Å². The maximum absolute atomic E-state index is 13.8. The molecule has 1 aromatic rings. The van der Waals surface area contributed by atoms with Crippen LogP contribution in [0.5, 0.6) is 0 Å². The number of para-hydroxylation sites is 1. The largest absolute Gasteiger partial charge is 0.389 e. The van der Waals surface area contributed by atoms with Crippen LogP contribution >= 0.6 is 11.8 Å². The summed E-state index contributed by atoms with van der Waals surface area (Å²) in [5, 5.41) is 9.66. The number of nitrogens with zero attached hydrogens (tertiary/aromatic N) is 1. The Morgan fingerprint density at radius 1 is 1.38 bits per heavy atom. The van der Waals surface area contributed by atoms with Crippen LogP contribution in [0, 0.1) is 5.82 Å². The Morgan fingerprint density at radius 3 is 2.69 bits per heavy atom. The highest BCUT2D eigenvalue weighted by molar-refractivity contribution is 7.99. The third-order valence-electron chi connectivity index (χ3n) is 2.80. The molecule has 1 N–H and O–H groups in total. The van der Waals surface area contributed by atoms with E-state index < -0.39 is 6.10 Å². The van der Waals surface area contributed by atoms with Crippen molar-refractivity contribution in [3.05, 3.63) is 29.6 Å². The van der Waals surface area contributed by atoms with Crippen molar-refractivity contribution < 1.29 is 9.50 Å². The lowest BCUT2D eigenvalue weighted by Crippen LogP contribution is -2.34. The molecule has 1 fully saturated rings. The zero-order chi connectivity index (χ0) is 11.5. The monoisotopic (exact) mass is 241 g/mol. The third kappa shape index (κ3) is 2.33. The van der Waals surface area contributed by atoms with Crippen LogP contribution < -0.4 is 4.90 Å². The van der Waals surface area contributed by atoms with Gasteiger partial charge in [-0.2, -0.15) is 11.8 Å². The highest BCUT2D eigenvalue weighted by Gasteiger charge is 2.20. The molecule has 0 saturated carbocycles. The summed E-state index contributed by atoms with van der Waals surface area (Å²) in [6.45, 7) is 3.38. The van der Waals surface area contributed by atoms with Crippen LogP contribution in [0.4, 0.5) is 10.1 Å². The van der Waals surface area contributed by atoms with Crippen LogP contribution in [0.1, 0.15) is 18.6 Å². The number of halogens is 1. The second-order valence-corrected chi connectivity index (χ2v) is 5.18. The summed E-state index contributed by atoms with van der Waals surface area (Å²) in [4.78, 5) is 2.04. The minimum absolute atomic E-state index is 0.231. The number of rotatable bonds is 2. The summed E-state index contributed by atoms with van der Waals surface area (Å²) in [5.74, 6) is 1.81. The summed E-state index contributed by atoms with van der Waals surface area (Å²) in [6.07, 6.45) is -0.625. The second kappa shape index (κ2) is 5.06. The number of benzene rings is 1. The first kappa shape index (κ1) is 11.7. The molecule has 0 spiro atoms. The van der Waals surface area contributed by atoms with Crippen LogP contribution in [0.15, 0.2) is 18.2 Å². The predicted molar refractivity (Wildman–Crippen MR) is 66.6 cm³/mol. The second-order valence-electron chi connectivity index (χ2n) is 3.95. The smallest absolute Gasteiger partial charge is 0.146 e. The zero-order valence-electron chi connectivity index (χ0n) is 9.32. The van der Waals surface area contributed by atoms with Gasteiger partial charge in [0.25, 0.3) is 0 Å². The van der Waals surface area contributed by atoms with E-state index in [1.54, 1.807) is 19.1 Å². The van der Waals surface area contributed by atoms with Gasteiger partial charge in [0, 0.05) is 30.2 Å². The highest BCUT2D eigenvalue weighted by Crippen LogP contribution is 2.30. The molecule has 1 unspecified atom stereocenters. The van der Waals surface area contributed by atoms with Gasteiger partial charge >= 0.3 is 0 Å². The van der Waals surface area contributed by atoms with Gasteiger partial charge in [0.15, 0.2) is 0 Å². The average molecular weight is 241 g/mol. The minimum atomic E-state index is -0.625. The molecule has 1 atom stereocenters. The Labute approximate surface area is 99.5 Å². The molecule has 1 saturated heterocycles. The molecule has 2 nitrogen and oxygen atoms in total. The molecule has 1 aliphatic heterocycles. The van der Waals surface area contributed by atoms with Crippen molar-refractivity contribution in [2.24, 2.45) is 0 Å². The van der Waals surface area contributed by atoms with Gasteiger partial charge in [-0.1, -0.05) is 12.1 Å². The molecule has 88 valence electrons. The van der Waals surface area contributed by atoms with Crippen LogP contribution in [-0.2, 0) is 0 Å². The summed E-state index contributed by atoms with van der Waals surface area (Å²) < 4.78 is 13.8. The molecule has 1 aliphatic rings. The Kier molecular flexibility index (Phi) is 3.71. The van der Waals surface area contributed by atoms with E-state index in [1.807, 2.05) is 16.7 Å². The van der Waals surface area contributed by atoms with Gasteiger partial charge in [-0.05, 0) is 13.0 Å². The van der Waals surface area contributed by atoms with Gasteiger partial charge in [0.05, 0.1) is 11.8 Å². The summed E-state index contributed by atoms with van der Waals surface area (Å²) in [6, 6.07) is 4.91. The van der Waals surface area contributed by atoms with Crippen molar-refractivity contribution in [3.63, 3.8) is 0 Å². The van der Waals surface area contributed by atoms with Crippen LogP contribution in [0.2, 0.25) is 0 Å². The van der Waals surface area contributed by atoms with Gasteiger partial charge in [-0.3, -0.25) is 0 Å². The molecule has 0 bridgehead atoms.